The number of hydrogen-bond acceptors (Lipinski definition) is 7. The average molecular weight is 480 g/mol. The summed E-state index contributed by atoms with van der Waals surface area (Å²) in [5.74, 6) is -1.24. The van der Waals surface area contributed by atoms with E-state index in [1.54, 1.807) is 31.2 Å². The van der Waals surface area contributed by atoms with Gasteiger partial charge < -0.3 is 14.2 Å². The van der Waals surface area contributed by atoms with E-state index in [0.717, 1.165) is 4.90 Å². The van der Waals surface area contributed by atoms with Gasteiger partial charge >= 0.3 is 5.97 Å². The molecule has 7 nitrogen and oxygen atoms in total. The topological polar surface area (TPSA) is 82.1 Å². The van der Waals surface area contributed by atoms with Gasteiger partial charge in [-0.25, -0.2) is 4.39 Å². The number of carbonyl (C=O) groups is 3. The average Bonchev–Trinajstić information content (AvgIpc) is 3.01. The van der Waals surface area contributed by atoms with Crippen LogP contribution in [0.25, 0.3) is 6.08 Å². The summed E-state index contributed by atoms with van der Waals surface area (Å²) in [4.78, 5) is 37.5. The van der Waals surface area contributed by atoms with Crippen LogP contribution in [-0.4, -0.2) is 42.3 Å². The van der Waals surface area contributed by atoms with E-state index in [-0.39, 0.29) is 34.5 Å². The smallest absolute Gasteiger partial charge is 0.326 e. The van der Waals surface area contributed by atoms with Crippen molar-refractivity contribution in [3.63, 3.8) is 0 Å². The van der Waals surface area contributed by atoms with Crippen LogP contribution in [0.4, 0.5) is 9.18 Å². The van der Waals surface area contributed by atoms with E-state index in [0.29, 0.717) is 23.1 Å². The molecule has 168 valence electrons. The van der Waals surface area contributed by atoms with Gasteiger partial charge in [-0.1, -0.05) is 29.8 Å². The summed E-state index contributed by atoms with van der Waals surface area (Å²) in [6, 6.07) is 9.28. The molecule has 1 aliphatic heterocycles. The van der Waals surface area contributed by atoms with Gasteiger partial charge in [0.2, 0.25) is 0 Å². The number of nitrogens with zero attached hydrogens (tertiary/aromatic N) is 1. The molecule has 0 N–H and O–H groups in total. The fraction of sp³-hybridized carbons (Fsp3) is 0.227. The molecule has 0 aliphatic carbocycles. The summed E-state index contributed by atoms with van der Waals surface area (Å²) in [6.07, 6.45) is 1.46. The molecule has 2 amide bonds. The maximum atomic E-state index is 14.1. The van der Waals surface area contributed by atoms with E-state index >= 15 is 0 Å². The number of ether oxygens (including phenoxy) is 3. The molecular weight excluding hydrogens is 461 g/mol. The van der Waals surface area contributed by atoms with Crippen LogP contribution in [-0.2, 0) is 20.9 Å². The highest BCUT2D eigenvalue weighted by molar-refractivity contribution is 8.18. The third-order valence-corrected chi connectivity index (χ3v) is 5.67. The highest BCUT2D eigenvalue weighted by atomic mass is 35.5. The normalized spacial score (nSPS) is 14.8. The first-order chi connectivity index (χ1) is 15.3. The predicted molar refractivity (Wildman–Crippen MR) is 118 cm³/mol. The van der Waals surface area contributed by atoms with Crippen LogP contribution in [0.15, 0.2) is 41.3 Å². The largest absolute Gasteiger partial charge is 0.493 e. The highest BCUT2D eigenvalue weighted by Gasteiger charge is 2.37. The second-order valence-corrected chi connectivity index (χ2v) is 7.84. The summed E-state index contributed by atoms with van der Waals surface area (Å²) in [6.45, 7) is 1.12. The Hall–Kier alpha value is -3.04. The van der Waals surface area contributed by atoms with Crippen LogP contribution < -0.4 is 9.47 Å². The number of benzene rings is 2. The van der Waals surface area contributed by atoms with Gasteiger partial charge in [0.15, 0.2) is 11.5 Å². The summed E-state index contributed by atoms with van der Waals surface area (Å²) in [7, 11) is 1.44. The van der Waals surface area contributed by atoms with Crippen molar-refractivity contribution in [2.75, 3.05) is 20.3 Å². The molecule has 10 heteroatoms. The molecule has 3 rings (SSSR count). The number of carbonyl (C=O) groups excluding carboxylic acids is 3. The summed E-state index contributed by atoms with van der Waals surface area (Å²) < 4.78 is 30.1. The Morgan fingerprint density at radius 3 is 2.66 bits per heavy atom. The summed E-state index contributed by atoms with van der Waals surface area (Å²) >= 11 is 6.76. The van der Waals surface area contributed by atoms with Crippen LogP contribution in [0.2, 0.25) is 5.02 Å². The molecule has 0 atom stereocenters. The van der Waals surface area contributed by atoms with Gasteiger partial charge in [-0.3, -0.25) is 19.3 Å². The standard InChI is InChI=1S/C22H19ClFNO6S/c1-3-30-19(26)11-25-21(27)18(32-22(25)28)10-13-6-4-9-17(29-2)20(13)31-12-14-15(23)7-5-8-16(14)24/h4-10H,3,11-12H2,1-2H3/b18-10-. The third kappa shape index (κ3) is 5.23. The maximum absolute atomic E-state index is 14.1. The highest BCUT2D eigenvalue weighted by Crippen LogP contribution is 2.38. The minimum atomic E-state index is -0.678. The van der Waals surface area contributed by atoms with Crippen molar-refractivity contribution in [2.45, 2.75) is 13.5 Å². The van der Waals surface area contributed by atoms with E-state index in [1.165, 1.54) is 25.3 Å². The van der Waals surface area contributed by atoms with Gasteiger partial charge in [-0.15, -0.1) is 0 Å². The first-order valence-electron chi connectivity index (χ1n) is 9.49. The predicted octanol–water partition coefficient (Wildman–Crippen LogP) is 4.67. The SMILES string of the molecule is CCOC(=O)CN1C(=O)S/C(=C\c2cccc(OC)c2OCc2c(F)cccc2Cl)C1=O. The van der Waals surface area contributed by atoms with Crippen molar-refractivity contribution >= 4 is 46.6 Å². The van der Waals surface area contributed by atoms with Crippen LogP contribution >= 0.6 is 23.4 Å². The quantitative estimate of drug-likeness (QED) is 0.402. The van der Waals surface area contributed by atoms with Crippen molar-refractivity contribution in [2.24, 2.45) is 0 Å². The first-order valence-corrected chi connectivity index (χ1v) is 10.7. The van der Waals surface area contributed by atoms with Crippen molar-refractivity contribution in [3.05, 3.63) is 63.3 Å². The number of hydrogen-bond donors (Lipinski definition) is 0. The van der Waals surface area contributed by atoms with Crippen molar-refractivity contribution in [3.8, 4) is 11.5 Å². The van der Waals surface area contributed by atoms with E-state index in [2.05, 4.69) is 0 Å². The molecule has 0 aromatic heterocycles. The molecule has 1 aliphatic rings. The number of para-hydroxylation sites is 1. The number of esters is 1. The van der Waals surface area contributed by atoms with Gasteiger partial charge in [0.1, 0.15) is 19.0 Å². The number of rotatable bonds is 8. The molecule has 32 heavy (non-hydrogen) atoms. The van der Waals surface area contributed by atoms with Crippen molar-refractivity contribution in [1.29, 1.82) is 0 Å². The van der Waals surface area contributed by atoms with Crippen LogP contribution in [0.5, 0.6) is 11.5 Å². The fourth-order valence-corrected chi connectivity index (χ4v) is 3.94. The van der Waals surface area contributed by atoms with Crippen molar-refractivity contribution < 1.29 is 33.0 Å². The van der Waals surface area contributed by atoms with Crippen molar-refractivity contribution in [1.82, 2.24) is 4.90 Å². The second kappa shape index (κ2) is 10.5. The summed E-state index contributed by atoms with van der Waals surface area (Å²) in [5, 5.41) is -0.376. The van der Waals surface area contributed by atoms with E-state index in [9.17, 15) is 18.8 Å². The van der Waals surface area contributed by atoms with E-state index in [4.69, 9.17) is 25.8 Å². The Labute approximate surface area is 193 Å². The Morgan fingerprint density at radius 1 is 1.22 bits per heavy atom. The molecule has 0 saturated carbocycles. The van der Waals surface area contributed by atoms with Gasteiger partial charge in [-0.05, 0) is 43.0 Å². The molecule has 1 fully saturated rings. The molecule has 0 bridgehead atoms. The minimum absolute atomic E-state index is 0.0984. The lowest BCUT2D eigenvalue weighted by molar-refractivity contribution is -0.145. The lowest BCUT2D eigenvalue weighted by Gasteiger charge is -2.15. The molecule has 0 spiro atoms. The van der Waals surface area contributed by atoms with Gasteiger partial charge in [0.05, 0.1) is 23.6 Å². The van der Waals surface area contributed by atoms with Gasteiger partial charge in [0, 0.05) is 11.1 Å². The zero-order valence-electron chi connectivity index (χ0n) is 17.2. The first kappa shape index (κ1) is 23.6. The number of halogens is 2. The molecule has 1 heterocycles. The molecular formula is C22H19ClFNO6S. The maximum Gasteiger partial charge on any atom is 0.326 e. The van der Waals surface area contributed by atoms with Crippen LogP contribution in [0.3, 0.4) is 0 Å². The Kier molecular flexibility index (Phi) is 7.76. The number of thioether (sulfide) groups is 1. The summed E-state index contributed by atoms with van der Waals surface area (Å²) in [5.41, 5.74) is 0.597. The third-order valence-electron chi connectivity index (χ3n) is 4.40. The number of methoxy groups -OCH3 is 1. The lowest BCUT2D eigenvalue weighted by atomic mass is 10.1. The van der Waals surface area contributed by atoms with Crippen LogP contribution in [0.1, 0.15) is 18.1 Å². The van der Waals surface area contributed by atoms with Gasteiger partial charge in [0.25, 0.3) is 11.1 Å². The number of imide groups is 1. The van der Waals surface area contributed by atoms with E-state index in [1.807, 2.05) is 0 Å². The van der Waals surface area contributed by atoms with Crippen LogP contribution in [0, 0.1) is 5.82 Å². The second-order valence-electron chi connectivity index (χ2n) is 6.44. The molecule has 2 aromatic carbocycles. The minimum Gasteiger partial charge on any atom is -0.493 e. The zero-order valence-corrected chi connectivity index (χ0v) is 18.8. The Morgan fingerprint density at radius 2 is 1.97 bits per heavy atom. The molecule has 0 radical (unpaired) electrons. The number of amides is 2. The monoisotopic (exact) mass is 479 g/mol. The molecule has 1 saturated heterocycles. The Bertz CT molecular complexity index is 1070. The Balaban J connectivity index is 1.88. The fourth-order valence-electron chi connectivity index (χ4n) is 2.89. The lowest BCUT2D eigenvalue weighted by Crippen LogP contribution is -2.34. The van der Waals surface area contributed by atoms with Gasteiger partial charge in [-0.2, -0.15) is 0 Å². The van der Waals surface area contributed by atoms with E-state index < -0.39 is 29.5 Å². The molecule has 2 aromatic rings. The zero-order chi connectivity index (χ0) is 23.3. The molecule has 0 unspecified atom stereocenters.